The highest BCUT2D eigenvalue weighted by Crippen LogP contribution is 2.13. The van der Waals surface area contributed by atoms with Crippen LogP contribution >= 0.6 is 11.6 Å². The minimum atomic E-state index is -0.609. The summed E-state index contributed by atoms with van der Waals surface area (Å²) in [5, 5.41) is 0. The number of amides is 1. The van der Waals surface area contributed by atoms with Gasteiger partial charge >= 0.3 is 6.09 Å². The second kappa shape index (κ2) is 7.56. The number of benzene rings is 1. The van der Waals surface area contributed by atoms with E-state index in [1.165, 1.54) is 17.1 Å². The highest BCUT2D eigenvalue weighted by Gasteiger charge is 2.20. The standard InChI is InChI=1S/C14H16ClNO2/c1-3-10-18-14(17)16(13(15)4-2)11-12-8-6-5-7-9-12/h3-9,13H,1-2,10-11H2. The Kier molecular flexibility index (Phi) is 6.01. The van der Waals surface area contributed by atoms with Gasteiger partial charge in [-0.05, 0) is 5.56 Å². The molecule has 0 spiro atoms. The highest BCUT2D eigenvalue weighted by molar-refractivity contribution is 6.22. The second-order valence-corrected chi connectivity index (χ2v) is 4.03. The smallest absolute Gasteiger partial charge is 0.411 e. The van der Waals surface area contributed by atoms with E-state index in [1.54, 1.807) is 0 Å². The van der Waals surface area contributed by atoms with Gasteiger partial charge in [0, 0.05) is 0 Å². The third-order valence-electron chi connectivity index (χ3n) is 2.25. The molecule has 0 heterocycles. The molecule has 0 saturated heterocycles. The first-order valence-corrected chi connectivity index (χ1v) is 5.97. The summed E-state index contributed by atoms with van der Waals surface area (Å²) >= 11 is 6.04. The Bertz CT molecular complexity index is 406. The summed E-state index contributed by atoms with van der Waals surface area (Å²) in [6.07, 6.45) is 2.51. The minimum Gasteiger partial charge on any atom is -0.445 e. The van der Waals surface area contributed by atoms with Crippen molar-refractivity contribution in [1.29, 1.82) is 0 Å². The molecule has 1 aromatic rings. The van der Waals surface area contributed by atoms with E-state index in [2.05, 4.69) is 13.2 Å². The largest absolute Gasteiger partial charge is 0.445 e. The molecule has 0 aromatic heterocycles. The summed E-state index contributed by atoms with van der Waals surface area (Å²) in [6, 6.07) is 9.55. The van der Waals surface area contributed by atoms with Gasteiger partial charge in [0.2, 0.25) is 0 Å². The summed E-state index contributed by atoms with van der Waals surface area (Å²) in [7, 11) is 0. The van der Waals surface area contributed by atoms with Crippen LogP contribution in [0.2, 0.25) is 0 Å². The average molecular weight is 266 g/mol. The lowest BCUT2D eigenvalue weighted by Crippen LogP contribution is -2.36. The predicted molar refractivity (Wildman–Crippen MR) is 73.4 cm³/mol. The molecule has 0 N–H and O–H groups in total. The van der Waals surface area contributed by atoms with Gasteiger partial charge in [0.25, 0.3) is 0 Å². The quantitative estimate of drug-likeness (QED) is 0.447. The number of hydrogen-bond acceptors (Lipinski definition) is 2. The molecule has 0 aliphatic rings. The fourth-order valence-corrected chi connectivity index (χ4v) is 1.52. The lowest BCUT2D eigenvalue weighted by molar-refractivity contribution is 0.110. The second-order valence-electron chi connectivity index (χ2n) is 3.59. The Morgan fingerprint density at radius 2 is 2.06 bits per heavy atom. The van der Waals surface area contributed by atoms with Crippen molar-refractivity contribution in [3.63, 3.8) is 0 Å². The van der Waals surface area contributed by atoms with Crippen LogP contribution in [0.5, 0.6) is 0 Å². The van der Waals surface area contributed by atoms with Crippen molar-refractivity contribution in [1.82, 2.24) is 4.90 Å². The third-order valence-corrected chi connectivity index (χ3v) is 2.66. The first-order valence-electron chi connectivity index (χ1n) is 5.54. The zero-order valence-corrected chi connectivity index (χ0v) is 10.8. The number of carbonyl (C=O) groups excluding carboxylic acids is 1. The van der Waals surface area contributed by atoms with E-state index in [0.29, 0.717) is 6.54 Å². The molecule has 0 aliphatic heterocycles. The first kappa shape index (κ1) is 14.3. The van der Waals surface area contributed by atoms with Crippen LogP contribution in [0.4, 0.5) is 4.79 Å². The number of ether oxygens (including phenoxy) is 1. The Morgan fingerprint density at radius 3 is 2.61 bits per heavy atom. The molecule has 1 amide bonds. The number of carbonyl (C=O) groups is 1. The van der Waals surface area contributed by atoms with Gasteiger partial charge in [-0.15, -0.1) is 0 Å². The molecule has 96 valence electrons. The van der Waals surface area contributed by atoms with Gasteiger partial charge in [-0.1, -0.05) is 67.2 Å². The van der Waals surface area contributed by atoms with E-state index >= 15 is 0 Å². The maximum Gasteiger partial charge on any atom is 0.411 e. The summed E-state index contributed by atoms with van der Waals surface area (Å²) < 4.78 is 4.99. The van der Waals surface area contributed by atoms with Gasteiger partial charge in [-0.2, -0.15) is 0 Å². The summed E-state index contributed by atoms with van der Waals surface area (Å²) in [6.45, 7) is 7.61. The van der Waals surface area contributed by atoms with Crippen LogP contribution < -0.4 is 0 Å². The topological polar surface area (TPSA) is 29.5 Å². The van der Waals surface area contributed by atoms with Gasteiger partial charge in [-0.25, -0.2) is 4.79 Å². The lowest BCUT2D eigenvalue weighted by atomic mass is 10.2. The van der Waals surface area contributed by atoms with Crippen molar-refractivity contribution in [3.8, 4) is 0 Å². The number of rotatable bonds is 6. The van der Waals surface area contributed by atoms with Crippen molar-refractivity contribution < 1.29 is 9.53 Å². The van der Waals surface area contributed by atoms with Crippen molar-refractivity contribution >= 4 is 17.7 Å². The van der Waals surface area contributed by atoms with E-state index < -0.39 is 11.6 Å². The molecule has 1 rings (SSSR count). The maximum absolute atomic E-state index is 11.8. The fourth-order valence-electron chi connectivity index (χ4n) is 1.37. The first-order chi connectivity index (χ1) is 8.69. The fraction of sp³-hybridized carbons (Fsp3) is 0.214. The molecule has 3 nitrogen and oxygen atoms in total. The molecule has 0 bridgehead atoms. The molecular formula is C14H16ClNO2. The SMILES string of the molecule is C=CCOC(=O)N(Cc1ccccc1)C(Cl)C=C. The van der Waals surface area contributed by atoms with Crippen LogP contribution in [0, 0.1) is 0 Å². The summed E-state index contributed by atoms with van der Waals surface area (Å²) in [4.78, 5) is 13.2. The van der Waals surface area contributed by atoms with Crippen molar-refractivity contribution in [3.05, 3.63) is 61.2 Å². The molecule has 0 aliphatic carbocycles. The van der Waals surface area contributed by atoms with E-state index in [-0.39, 0.29) is 6.61 Å². The Morgan fingerprint density at radius 1 is 1.39 bits per heavy atom. The molecule has 0 saturated carbocycles. The third kappa shape index (κ3) is 4.26. The minimum absolute atomic E-state index is 0.158. The number of hydrogen-bond donors (Lipinski definition) is 0. The van der Waals surface area contributed by atoms with Crippen molar-refractivity contribution in [2.75, 3.05) is 6.61 Å². The van der Waals surface area contributed by atoms with Crippen LogP contribution in [-0.2, 0) is 11.3 Å². The summed E-state index contributed by atoms with van der Waals surface area (Å²) in [5.41, 5.74) is 0.364. The molecule has 18 heavy (non-hydrogen) atoms. The zero-order valence-electron chi connectivity index (χ0n) is 10.1. The molecular weight excluding hydrogens is 250 g/mol. The highest BCUT2D eigenvalue weighted by atomic mass is 35.5. The zero-order chi connectivity index (χ0) is 13.4. The van der Waals surface area contributed by atoms with Gasteiger partial charge in [0.15, 0.2) is 0 Å². The van der Waals surface area contributed by atoms with E-state index in [9.17, 15) is 4.79 Å². The summed E-state index contributed by atoms with van der Waals surface area (Å²) in [5.74, 6) is 0. The van der Waals surface area contributed by atoms with Gasteiger partial charge in [-0.3, -0.25) is 4.90 Å². The van der Waals surface area contributed by atoms with Gasteiger partial charge < -0.3 is 4.74 Å². The van der Waals surface area contributed by atoms with Crippen LogP contribution in [-0.4, -0.2) is 23.1 Å². The van der Waals surface area contributed by atoms with Crippen LogP contribution in [0.25, 0.3) is 0 Å². The molecule has 1 unspecified atom stereocenters. The van der Waals surface area contributed by atoms with Gasteiger partial charge in [0.05, 0.1) is 6.54 Å². The predicted octanol–water partition coefficient (Wildman–Crippen LogP) is 3.56. The Balaban J connectivity index is 2.75. The van der Waals surface area contributed by atoms with Crippen LogP contribution in [0.1, 0.15) is 5.56 Å². The van der Waals surface area contributed by atoms with Crippen molar-refractivity contribution in [2.45, 2.75) is 12.0 Å². The molecule has 0 fully saturated rings. The van der Waals surface area contributed by atoms with E-state index in [4.69, 9.17) is 16.3 Å². The lowest BCUT2D eigenvalue weighted by Gasteiger charge is -2.24. The monoisotopic (exact) mass is 265 g/mol. The molecule has 1 aromatic carbocycles. The maximum atomic E-state index is 11.8. The Labute approximate surface area is 112 Å². The normalized spacial score (nSPS) is 11.4. The number of nitrogens with zero attached hydrogens (tertiary/aromatic N) is 1. The molecule has 0 radical (unpaired) electrons. The van der Waals surface area contributed by atoms with Crippen LogP contribution in [0.3, 0.4) is 0 Å². The van der Waals surface area contributed by atoms with E-state index in [0.717, 1.165) is 5.56 Å². The van der Waals surface area contributed by atoms with E-state index in [1.807, 2.05) is 30.3 Å². The van der Waals surface area contributed by atoms with Crippen LogP contribution in [0.15, 0.2) is 55.6 Å². The van der Waals surface area contributed by atoms with Crippen molar-refractivity contribution in [2.24, 2.45) is 0 Å². The number of alkyl halides is 1. The van der Waals surface area contributed by atoms with Gasteiger partial charge in [0.1, 0.15) is 12.1 Å². The Hall–Kier alpha value is -1.74. The average Bonchev–Trinajstić information content (AvgIpc) is 2.42. The number of halogens is 1. The molecule has 4 heteroatoms. The molecule has 1 atom stereocenters.